The van der Waals surface area contributed by atoms with Gasteiger partial charge in [-0.15, -0.1) is 0 Å². The molecule has 9 nitrogen and oxygen atoms in total. The Labute approximate surface area is 189 Å². The van der Waals surface area contributed by atoms with Gasteiger partial charge in [0.1, 0.15) is 5.82 Å². The van der Waals surface area contributed by atoms with Crippen LogP contribution in [0.3, 0.4) is 0 Å². The molecular formula is C23H33N7O2. The lowest BCUT2D eigenvalue weighted by Crippen LogP contribution is -2.57. The number of hydrogen-bond acceptors (Lipinski definition) is 6. The summed E-state index contributed by atoms with van der Waals surface area (Å²) in [6.07, 6.45) is 5.42. The molecule has 2 amide bonds. The number of piperidine rings is 1. The second-order valence-electron chi connectivity index (χ2n) is 9.55. The maximum atomic E-state index is 13.1. The lowest BCUT2D eigenvalue weighted by atomic mass is 9.94. The van der Waals surface area contributed by atoms with Crippen molar-refractivity contribution in [3.8, 4) is 0 Å². The summed E-state index contributed by atoms with van der Waals surface area (Å²) in [5.74, 6) is 1.50. The third kappa shape index (κ3) is 3.72. The van der Waals surface area contributed by atoms with Crippen LogP contribution in [0.15, 0.2) is 12.3 Å². The van der Waals surface area contributed by atoms with Crippen LogP contribution in [-0.4, -0.2) is 101 Å². The molecule has 3 aliphatic rings. The number of carbonyl (C=O) groups excluding carboxylic acids is 2. The number of anilines is 1. The normalized spacial score (nSPS) is 20.7. The summed E-state index contributed by atoms with van der Waals surface area (Å²) >= 11 is 0. The highest BCUT2D eigenvalue weighted by atomic mass is 16.2. The molecule has 2 aromatic heterocycles. The van der Waals surface area contributed by atoms with Gasteiger partial charge in [-0.25, -0.2) is 4.98 Å². The highest BCUT2D eigenvalue weighted by molar-refractivity contribution is 5.82. The first-order chi connectivity index (χ1) is 15.4. The van der Waals surface area contributed by atoms with E-state index in [-0.39, 0.29) is 23.8 Å². The van der Waals surface area contributed by atoms with Gasteiger partial charge in [0.15, 0.2) is 5.65 Å². The topological polar surface area (TPSA) is 77.3 Å². The highest BCUT2D eigenvalue weighted by Gasteiger charge is 2.39. The maximum Gasteiger partial charge on any atom is 0.229 e. The third-order valence-electron chi connectivity index (χ3n) is 7.52. The van der Waals surface area contributed by atoms with Crippen LogP contribution < -0.4 is 4.90 Å². The first kappa shape index (κ1) is 21.2. The Morgan fingerprint density at radius 1 is 1.09 bits per heavy atom. The van der Waals surface area contributed by atoms with Gasteiger partial charge < -0.3 is 19.6 Å². The highest BCUT2D eigenvalue weighted by Crippen LogP contribution is 2.33. The van der Waals surface area contributed by atoms with Gasteiger partial charge in [0, 0.05) is 77.3 Å². The summed E-state index contributed by atoms with van der Waals surface area (Å²) in [6.45, 7) is 6.56. The molecule has 172 valence electrons. The van der Waals surface area contributed by atoms with Crippen LogP contribution in [0.5, 0.6) is 0 Å². The molecule has 0 unspecified atom stereocenters. The van der Waals surface area contributed by atoms with Crippen molar-refractivity contribution >= 4 is 23.3 Å². The van der Waals surface area contributed by atoms with Crippen molar-refractivity contribution in [2.75, 3.05) is 58.3 Å². The number of fused-ring (bicyclic) bond motifs is 2. The minimum Gasteiger partial charge on any atom is -0.354 e. The summed E-state index contributed by atoms with van der Waals surface area (Å²) in [5.41, 5.74) is 3.34. The quantitative estimate of drug-likeness (QED) is 0.700. The molecular weight excluding hydrogens is 406 g/mol. The molecule has 2 fully saturated rings. The maximum absolute atomic E-state index is 13.1. The molecule has 0 N–H and O–H groups in total. The average Bonchev–Trinajstić information content (AvgIpc) is 3.15. The molecule has 0 radical (unpaired) electrons. The fourth-order valence-electron chi connectivity index (χ4n) is 5.30. The average molecular weight is 440 g/mol. The molecule has 2 aromatic rings. The molecule has 3 aliphatic heterocycles. The lowest BCUT2D eigenvalue weighted by molar-refractivity contribution is -0.138. The number of likely N-dealkylation sites (N-methyl/N-ethyl adjacent to an activating group) is 1. The molecule has 5 heterocycles. The molecule has 32 heavy (non-hydrogen) atoms. The van der Waals surface area contributed by atoms with Crippen molar-refractivity contribution in [1.82, 2.24) is 29.3 Å². The van der Waals surface area contributed by atoms with Crippen molar-refractivity contribution in [2.24, 2.45) is 5.92 Å². The van der Waals surface area contributed by atoms with Gasteiger partial charge in [0.05, 0.1) is 17.8 Å². The molecule has 0 spiro atoms. The Morgan fingerprint density at radius 2 is 1.81 bits per heavy atom. The smallest absolute Gasteiger partial charge is 0.229 e. The minimum absolute atomic E-state index is 0.0277. The van der Waals surface area contributed by atoms with Crippen molar-refractivity contribution in [3.63, 3.8) is 0 Å². The third-order valence-corrected chi connectivity index (χ3v) is 7.52. The van der Waals surface area contributed by atoms with E-state index in [4.69, 9.17) is 4.98 Å². The van der Waals surface area contributed by atoms with E-state index in [2.05, 4.69) is 21.9 Å². The largest absolute Gasteiger partial charge is 0.354 e. The second kappa shape index (κ2) is 8.35. The predicted molar refractivity (Wildman–Crippen MR) is 122 cm³/mol. The van der Waals surface area contributed by atoms with E-state index < -0.39 is 0 Å². The fourth-order valence-corrected chi connectivity index (χ4v) is 5.30. The molecule has 5 rings (SSSR count). The van der Waals surface area contributed by atoms with Gasteiger partial charge in [-0.3, -0.25) is 9.59 Å². The number of rotatable bonds is 3. The van der Waals surface area contributed by atoms with Gasteiger partial charge in [0.2, 0.25) is 11.8 Å². The zero-order valence-corrected chi connectivity index (χ0v) is 19.3. The van der Waals surface area contributed by atoms with Gasteiger partial charge in [-0.1, -0.05) is 0 Å². The molecule has 0 saturated carbocycles. The van der Waals surface area contributed by atoms with E-state index in [0.29, 0.717) is 0 Å². The van der Waals surface area contributed by atoms with Crippen LogP contribution in [0.25, 0.3) is 5.65 Å². The Morgan fingerprint density at radius 3 is 2.53 bits per heavy atom. The zero-order chi connectivity index (χ0) is 22.4. The SMILES string of the molecule is CC(=O)N(C)C1CCN(C(=O)C2CN(c3c4c(nc5ccnn35)CCN(C)CC4)C2)CC1. The number of carbonyl (C=O) groups is 2. The van der Waals surface area contributed by atoms with E-state index in [1.54, 1.807) is 6.92 Å². The van der Waals surface area contributed by atoms with Crippen molar-refractivity contribution in [3.05, 3.63) is 23.5 Å². The molecule has 0 bridgehead atoms. The number of aromatic nitrogens is 3. The molecule has 2 saturated heterocycles. The van der Waals surface area contributed by atoms with Crippen LogP contribution in [0.2, 0.25) is 0 Å². The first-order valence-electron chi connectivity index (χ1n) is 11.7. The van der Waals surface area contributed by atoms with E-state index in [0.717, 1.165) is 76.4 Å². The Bertz CT molecular complexity index is 1020. The molecule has 9 heteroatoms. The van der Waals surface area contributed by atoms with Crippen molar-refractivity contribution < 1.29 is 9.59 Å². The molecule has 0 atom stereocenters. The van der Waals surface area contributed by atoms with Crippen LogP contribution >= 0.6 is 0 Å². The van der Waals surface area contributed by atoms with Crippen LogP contribution in [-0.2, 0) is 22.4 Å². The molecule has 0 aromatic carbocycles. The second-order valence-corrected chi connectivity index (χ2v) is 9.55. The zero-order valence-electron chi connectivity index (χ0n) is 19.3. The standard InChI is InChI=1S/C23H33N7O2/c1-16(31)27(3)18-5-12-28(13-6-18)23(32)17-14-29(15-17)22-19-7-10-26(2)11-8-20(19)25-21-4-9-24-30(21)22/h4,9,17-18H,5-8,10-15H2,1-3H3. The monoisotopic (exact) mass is 439 g/mol. The van der Waals surface area contributed by atoms with E-state index in [1.165, 1.54) is 11.3 Å². The number of nitrogens with zero attached hydrogens (tertiary/aromatic N) is 7. The summed E-state index contributed by atoms with van der Waals surface area (Å²) in [6, 6.07) is 2.20. The predicted octanol–water partition coefficient (Wildman–Crippen LogP) is 0.665. The van der Waals surface area contributed by atoms with Gasteiger partial charge >= 0.3 is 0 Å². The molecule has 0 aliphatic carbocycles. The minimum atomic E-state index is 0.0277. The number of hydrogen-bond donors (Lipinski definition) is 0. The first-order valence-corrected chi connectivity index (χ1v) is 11.7. The number of likely N-dealkylation sites (tertiary alicyclic amines) is 1. The van der Waals surface area contributed by atoms with E-state index in [1.807, 2.05) is 33.6 Å². The fraction of sp³-hybridized carbons (Fsp3) is 0.652. The lowest BCUT2D eigenvalue weighted by Gasteiger charge is -2.44. The van der Waals surface area contributed by atoms with E-state index >= 15 is 0 Å². The van der Waals surface area contributed by atoms with Crippen molar-refractivity contribution in [1.29, 1.82) is 0 Å². The summed E-state index contributed by atoms with van der Waals surface area (Å²) < 4.78 is 1.95. The summed E-state index contributed by atoms with van der Waals surface area (Å²) in [7, 11) is 4.02. The van der Waals surface area contributed by atoms with Gasteiger partial charge in [0.25, 0.3) is 0 Å². The van der Waals surface area contributed by atoms with Crippen LogP contribution in [0.1, 0.15) is 31.0 Å². The summed E-state index contributed by atoms with van der Waals surface area (Å²) in [5, 5.41) is 4.55. The van der Waals surface area contributed by atoms with Gasteiger partial charge in [-0.05, 0) is 26.3 Å². The van der Waals surface area contributed by atoms with Gasteiger partial charge in [-0.2, -0.15) is 9.61 Å². The number of amides is 2. The Kier molecular flexibility index (Phi) is 5.53. The summed E-state index contributed by atoms with van der Waals surface area (Å²) in [4.78, 5) is 38.1. The van der Waals surface area contributed by atoms with Crippen LogP contribution in [0, 0.1) is 5.92 Å². The van der Waals surface area contributed by atoms with E-state index in [9.17, 15) is 9.59 Å². The Balaban J connectivity index is 1.28. The van der Waals surface area contributed by atoms with Crippen LogP contribution in [0.4, 0.5) is 5.82 Å². The Hall–Kier alpha value is -2.68. The van der Waals surface area contributed by atoms with Crippen molar-refractivity contribution in [2.45, 2.75) is 38.6 Å².